The second-order valence-corrected chi connectivity index (χ2v) is 6.64. The molecule has 1 amide bonds. The molecule has 0 aliphatic carbocycles. The van der Waals surface area contributed by atoms with Gasteiger partial charge in [-0.05, 0) is 49.7 Å². The summed E-state index contributed by atoms with van der Waals surface area (Å²) in [6, 6.07) is 11.7. The number of aryl methyl sites for hydroxylation is 2. The van der Waals surface area contributed by atoms with Crippen molar-refractivity contribution in [2.24, 2.45) is 0 Å². The number of hydrogen-bond donors (Lipinski definition) is 0. The van der Waals surface area contributed by atoms with E-state index in [9.17, 15) is 4.79 Å². The third-order valence-corrected chi connectivity index (χ3v) is 4.89. The Morgan fingerprint density at radius 1 is 1.17 bits per heavy atom. The van der Waals surface area contributed by atoms with Crippen molar-refractivity contribution in [1.82, 2.24) is 9.55 Å². The van der Waals surface area contributed by atoms with Gasteiger partial charge in [-0.2, -0.15) is 0 Å². The highest BCUT2D eigenvalue weighted by atomic mass is 79.9. The lowest BCUT2D eigenvalue weighted by molar-refractivity contribution is 0.0993. The highest BCUT2D eigenvalue weighted by Gasteiger charge is 2.18. The molecule has 1 heterocycles. The number of imidazole rings is 1. The fraction of sp³-hybridized carbons (Fsp3) is 0.158. The van der Waals surface area contributed by atoms with E-state index in [1.807, 2.05) is 61.0 Å². The largest absolute Gasteiger partial charge is 0.311 e. The molecule has 0 bridgehead atoms. The summed E-state index contributed by atoms with van der Waals surface area (Å²) in [5, 5.41) is 0. The van der Waals surface area contributed by atoms with E-state index in [0.29, 0.717) is 5.56 Å². The van der Waals surface area contributed by atoms with Gasteiger partial charge >= 0.3 is 0 Å². The van der Waals surface area contributed by atoms with E-state index in [2.05, 4.69) is 20.9 Å². The van der Waals surface area contributed by atoms with E-state index >= 15 is 0 Å². The molecule has 3 rings (SSSR count). The van der Waals surface area contributed by atoms with E-state index in [1.165, 1.54) is 0 Å². The van der Waals surface area contributed by atoms with Crippen LogP contribution in [0.15, 0.2) is 59.6 Å². The molecular formula is C19H18BrN3O. The normalized spacial score (nSPS) is 10.7. The topological polar surface area (TPSA) is 38.1 Å². The molecule has 24 heavy (non-hydrogen) atoms. The van der Waals surface area contributed by atoms with Gasteiger partial charge in [0.15, 0.2) is 0 Å². The molecule has 0 atom stereocenters. The minimum absolute atomic E-state index is 0.0517. The first-order chi connectivity index (χ1) is 11.5. The molecule has 1 aromatic heterocycles. The SMILES string of the molecule is Cc1ccc(-n2ccnc2)c(C(=O)N(C)c2ccc(Br)c(C)c2)c1. The van der Waals surface area contributed by atoms with Gasteiger partial charge in [-0.25, -0.2) is 4.98 Å². The second kappa shape index (κ2) is 6.61. The minimum Gasteiger partial charge on any atom is -0.311 e. The van der Waals surface area contributed by atoms with Gasteiger partial charge < -0.3 is 9.47 Å². The van der Waals surface area contributed by atoms with Crippen LogP contribution < -0.4 is 4.90 Å². The Morgan fingerprint density at radius 2 is 1.96 bits per heavy atom. The minimum atomic E-state index is -0.0517. The van der Waals surface area contributed by atoms with E-state index in [-0.39, 0.29) is 5.91 Å². The lowest BCUT2D eigenvalue weighted by atomic mass is 10.1. The van der Waals surface area contributed by atoms with Crippen molar-refractivity contribution in [3.63, 3.8) is 0 Å². The van der Waals surface area contributed by atoms with Crippen LogP contribution in [0.1, 0.15) is 21.5 Å². The van der Waals surface area contributed by atoms with Crippen molar-refractivity contribution in [1.29, 1.82) is 0 Å². The molecule has 5 heteroatoms. The zero-order valence-electron chi connectivity index (χ0n) is 13.8. The number of amides is 1. The van der Waals surface area contributed by atoms with Gasteiger partial charge in [-0.1, -0.05) is 27.6 Å². The Hall–Kier alpha value is -2.40. The number of halogens is 1. The number of carbonyl (C=O) groups excluding carboxylic acids is 1. The third-order valence-electron chi connectivity index (χ3n) is 4.00. The number of aromatic nitrogens is 2. The van der Waals surface area contributed by atoms with Crippen LogP contribution >= 0.6 is 15.9 Å². The summed E-state index contributed by atoms with van der Waals surface area (Å²) in [5.74, 6) is -0.0517. The van der Waals surface area contributed by atoms with Crippen LogP contribution in [0, 0.1) is 13.8 Å². The zero-order valence-corrected chi connectivity index (χ0v) is 15.4. The van der Waals surface area contributed by atoms with Crippen molar-refractivity contribution in [2.45, 2.75) is 13.8 Å². The van der Waals surface area contributed by atoms with Crippen LogP contribution in [-0.2, 0) is 0 Å². The molecule has 122 valence electrons. The van der Waals surface area contributed by atoms with E-state index in [1.54, 1.807) is 24.5 Å². The predicted molar refractivity (Wildman–Crippen MR) is 99.9 cm³/mol. The maximum absolute atomic E-state index is 13.1. The van der Waals surface area contributed by atoms with Crippen LogP contribution in [0.25, 0.3) is 5.69 Å². The summed E-state index contributed by atoms with van der Waals surface area (Å²) in [5.41, 5.74) is 4.47. The molecule has 0 saturated heterocycles. The van der Waals surface area contributed by atoms with Gasteiger partial charge in [0.1, 0.15) is 0 Å². The van der Waals surface area contributed by atoms with Crippen molar-refractivity contribution >= 4 is 27.5 Å². The summed E-state index contributed by atoms with van der Waals surface area (Å²) in [6.07, 6.45) is 5.24. The van der Waals surface area contributed by atoms with Gasteiger partial charge in [0.05, 0.1) is 17.6 Å². The van der Waals surface area contributed by atoms with Gasteiger partial charge in [-0.3, -0.25) is 4.79 Å². The summed E-state index contributed by atoms with van der Waals surface area (Å²) < 4.78 is 2.88. The molecule has 0 spiro atoms. The summed E-state index contributed by atoms with van der Waals surface area (Å²) >= 11 is 3.49. The van der Waals surface area contributed by atoms with Crippen LogP contribution in [0.5, 0.6) is 0 Å². The van der Waals surface area contributed by atoms with E-state index in [0.717, 1.165) is 27.0 Å². The molecule has 3 aromatic rings. The first-order valence-electron chi connectivity index (χ1n) is 7.60. The Bertz CT molecular complexity index is 888. The standard InChI is InChI=1S/C19H18BrN3O/c1-13-4-7-18(23-9-8-21-12-23)16(10-13)19(24)22(3)15-5-6-17(20)14(2)11-15/h4-12H,1-3H3. The van der Waals surface area contributed by atoms with Crippen molar-refractivity contribution in [2.75, 3.05) is 11.9 Å². The molecule has 2 aromatic carbocycles. The van der Waals surface area contributed by atoms with Crippen LogP contribution in [0.2, 0.25) is 0 Å². The maximum atomic E-state index is 13.1. The molecule has 0 aliphatic rings. The first-order valence-corrected chi connectivity index (χ1v) is 8.40. The molecule has 0 N–H and O–H groups in total. The Balaban J connectivity index is 2.03. The Morgan fingerprint density at radius 3 is 2.62 bits per heavy atom. The molecule has 4 nitrogen and oxygen atoms in total. The molecular weight excluding hydrogens is 366 g/mol. The highest BCUT2D eigenvalue weighted by molar-refractivity contribution is 9.10. The van der Waals surface area contributed by atoms with Gasteiger partial charge in [0.2, 0.25) is 0 Å². The molecule has 0 saturated carbocycles. The number of carbonyl (C=O) groups is 1. The number of nitrogens with zero attached hydrogens (tertiary/aromatic N) is 3. The quantitative estimate of drug-likeness (QED) is 0.666. The van der Waals surface area contributed by atoms with Gasteiger partial charge in [0.25, 0.3) is 5.91 Å². The number of rotatable bonds is 3. The van der Waals surface area contributed by atoms with Crippen LogP contribution in [0.4, 0.5) is 5.69 Å². The summed E-state index contributed by atoms with van der Waals surface area (Å²) in [7, 11) is 1.80. The average Bonchev–Trinajstić information content (AvgIpc) is 3.10. The van der Waals surface area contributed by atoms with E-state index in [4.69, 9.17) is 0 Å². The molecule has 0 fully saturated rings. The Kier molecular flexibility index (Phi) is 4.53. The number of hydrogen-bond acceptors (Lipinski definition) is 2. The number of anilines is 1. The average molecular weight is 384 g/mol. The lowest BCUT2D eigenvalue weighted by Gasteiger charge is -2.20. The lowest BCUT2D eigenvalue weighted by Crippen LogP contribution is -2.27. The zero-order chi connectivity index (χ0) is 17.3. The van der Waals surface area contributed by atoms with Gasteiger partial charge in [-0.15, -0.1) is 0 Å². The first kappa shape index (κ1) is 16.5. The molecule has 0 radical (unpaired) electrons. The highest BCUT2D eigenvalue weighted by Crippen LogP contribution is 2.25. The predicted octanol–water partition coefficient (Wildman–Crippen LogP) is 4.53. The fourth-order valence-electron chi connectivity index (χ4n) is 2.58. The van der Waals surface area contributed by atoms with Gasteiger partial charge in [0, 0.05) is 29.6 Å². The second-order valence-electron chi connectivity index (χ2n) is 5.79. The van der Waals surface area contributed by atoms with E-state index < -0.39 is 0 Å². The summed E-state index contributed by atoms with van der Waals surface area (Å²) in [4.78, 5) is 18.8. The third kappa shape index (κ3) is 3.12. The molecule has 0 aliphatic heterocycles. The van der Waals surface area contributed by atoms with Crippen molar-refractivity contribution < 1.29 is 4.79 Å². The van der Waals surface area contributed by atoms with Crippen molar-refractivity contribution in [3.05, 3.63) is 76.3 Å². The smallest absolute Gasteiger partial charge is 0.260 e. The van der Waals surface area contributed by atoms with Crippen molar-refractivity contribution in [3.8, 4) is 5.69 Å². The fourth-order valence-corrected chi connectivity index (χ4v) is 2.83. The summed E-state index contributed by atoms with van der Waals surface area (Å²) in [6.45, 7) is 3.99. The number of benzene rings is 2. The Labute approximate surface area is 149 Å². The van der Waals surface area contributed by atoms with Crippen LogP contribution in [0.3, 0.4) is 0 Å². The van der Waals surface area contributed by atoms with Crippen LogP contribution in [-0.4, -0.2) is 22.5 Å². The molecule has 0 unspecified atom stereocenters. The maximum Gasteiger partial charge on any atom is 0.260 e. The monoisotopic (exact) mass is 383 g/mol.